The van der Waals surface area contributed by atoms with Crippen LogP contribution in [0.3, 0.4) is 0 Å². The molecule has 0 aliphatic heterocycles. The van der Waals surface area contributed by atoms with Gasteiger partial charge in [-0.1, -0.05) is 38.4 Å². The van der Waals surface area contributed by atoms with E-state index in [1.807, 2.05) is 6.07 Å². The Morgan fingerprint density at radius 2 is 1.93 bits per heavy atom. The maximum Gasteiger partial charge on any atom is 0.0449 e. The lowest BCUT2D eigenvalue weighted by Gasteiger charge is -2.19. The Morgan fingerprint density at radius 1 is 1.29 bits per heavy atom. The van der Waals surface area contributed by atoms with Crippen molar-refractivity contribution in [2.24, 2.45) is 5.41 Å². The van der Waals surface area contributed by atoms with E-state index in [0.29, 0.717) is 5.41 Å². The van der Waals surface area contributed by atoms with E-state index in [-0.39, 0.29) is 0 Å². The van der Waals surface area contributed by atoms with Crippen LogP contribution in [0.15, 0.2) is 23.1 Å². The Kier molecular flexibility index (Phi) is 3.91. The molecule has 0 saturated heterocycles. The van der Waals surface area contributed by atoms with E-state index in [2.05, 4.69) is 39.2 Å². The zero-order valence-corrected chi connectivity index (χ0v) is 10.8. The van der Waals surface area contributed by atoms with Crippen LogP contribution in [0.1, 0.15) is 26.3 Å². The summed E-state index contributed by atoms with van der Waals surface area (Å²) in [6, 6.07) is 6.32. The minimum atomic E-state index is 0.296. The van der Waals surface area contributed by atoms with Gasteiger partial charge in [0.15, 0.2) is 0 Å². The third-order valence-electron chi connectivity index (χ3n) is 1.98. The molecule has 0 unspecified atom stereocenters. The van der Waals surface area contributed by atoms with Gasteiger partial charge in [0.2, 0.25) is 0 Å². The fraction of sp³-hybridized carbons (Fsp3) is 0.500. The zero-order chi connectivity index (χ0) is 10.8. The molecule has 0 radical (unpaired) electrons. The Hall–Kier alpha value is -0.140. The number of benzene rings is 1. The third-order valence-corrected chi connectivity index (χ3v) is 3.06. The predicted molar refractivity (Wildman–Crippen MR) is 66.4 cm³/mol. The van der Waals surface area contributed by atoms with Crippen LogP contribution in [0, 0.1) is 5.41 Å². The summed E-state index contributed by atoms with van der Waals surface area (Å²) in [6.07, 6.45) is 3.09. The summed E-state index contributed by atoms with van der Waals surface area (Å²) in [5, 5.41) is 0.895. The first-order valence-electron chi connectivity index (χ1n) is 4.75. The lowest BCUT2D eigenvalue weighted by molar-refractivity contribution is 0.411. The quantitative estimate of drug-likeness (QED) is 0.664. The van der Waals surface area contributed by atoms with Crippen molar-refractivity contribution in [1.29, 1.82) is 0 Å². The second kappa shape index (κ2) is 4.59. The lowest BCUT2D eigenvalue weighted by Crippen LogP contribution is -2.09. The summed E-state index contributed by atoms with van der Waals surface area (Å²) in [5.41, 5.74) is 1.54. The van der Waals surface area contributed by atoms with E-state index in [4.69, 9.17) is 11.6 Å². The molecule has 0 saturated carbocycles. The third kappa shape index (κ3) is 3.55. The molecule has 0 spiro atoms. The highest BCUT2D eigenvalue weighted by Gasteiger charge is 2.13. The van der Waals surface area contributed by atoms with Gasteiger partial charge in [0, 0.05) is 9.92 Å². The highest BCUT2D eigenvalue weighted by molar-refractivity contribution is 7.98. The van der Waals surface area contributed by atoms with Crippen molar-refractivity contribution in [3.05, 3.63) is 28.8 Å². The van der Waals surface area contributed by atoms with Gasteiger partial charge in [-0.25, -0.2) is 0 Å². The van der Waals surface area contributed by atoms with Crippen LogP contribution in [-0.4, -0.2) is 6.26 Å². The number of rotatable bonds is 2. The first kappa shape index (κ1) is 11.9. The predicted octanol–water partition coefficient (Wildman–Crippen LogP) is 4.65. The summed E-state index contributed by atoms with van der Waals surface area (Å²) < 4.78 is 0. The standard InChI is InChI=1S/C12H17ClS/c1-12(2,3)8-9-5-6-10(14-4)7-11(9)13/h5-7H,8H2,1-4H3. The molecule has 0 aliphatic carbocycles. The number of halogens is 1. The molecule has 78 valence electrons. The summed E-state index contributed by atoms with van der Waals surface area (Å²) in [7, 11) is 0. The highest BCUT2D eigenvalue weighted by Crippen LogP contribution is 2.28. The fourth-order valence-corrected chi connectivity index (χ4v) is 2.12. The Morgan fingerprint density at radius 3 is 2.36 bits per heavy atom. The lowest BCUT2D eigenvalue weighted by atomic mass is 9.88. The molecule has 0 aromatic heterocycles. The largest absolute Gasteiger partial charge is 0.130 e. The van der Waals surface area contributed by atoms with E-state index >= 15 is 0 Å². The van der Waals surface area contributed by atoms with Gasteiger partial charge in [0.1, 0.15) is 0 Å². The van der Waals surface area contributed by atoms with Crippen molar-refractivity contribution in [3.63, 3.8) is 0 Å². The molecule has 1 aromatic carbocycles. The molecule has 0 fully saturated rings. The zero-order valence-electron chi connectivity index (χ0n) is 9.23. The van der Waals surface area contributed by atoms with Crippen molar-refractivity contribution >= 4 is 23.4 Å². The average Bonchev–Trinajstić information content (AvgIpc) is 2.06. The Bertz CT molecular complexity index is 313. The van der Waals surface area contributed by atoms with Gasteiger partial charge in [0.05, 0.1) is 0 Å². The molecule has 1 rings (SSSR count). The van der Waals surface area contributed by atoms with Crippen molar-refractivity contribution in [1.82, 2.24) is 0 Å². The van der Waals surface area contributed by atoms with E-state index < -0.39 is 0 Å². The summed E-state index contributed by atoms with van der Waals surface area (Å²) in [5.74, 6) is 0. The van der Waals surface area contributed by atoms with Gasteiger partial charge in [-0.2, -0.15) is 0 Å². The van der Waals surface area contributed by atoms with Gasteiger partial charge in [0.25, 0.3) is 0 Å². The van der Waals surface area contributed by atoms with Crippen LogP contribution < -0.4 is 0 Å². The van der Waals surface area contributed by atoms with E-state index in [9.17, 15) is 0 Å². The molecule has 0 aliphatic rings. The van der Waals surface area contributed by atoms with Gasteiger partial charge in [-0.05, 0) is 35.8 Å². The fourth-order valence-electron chi connectivity index (χ4n) is 1.37. The van der Waals surface area contributed by atoms with Crippen molar-refractivity contribution in [3.8, 4) is 0 Å². The molecular formula is C12H17ClS. The Balaban J connectivity index is 2.89. The molecule has 0 bridgehead atoms. The van der Waals surface area contributed by atoms with Gasteiger partial charge >= 0.3 is 0 Å². The van der Waals surface area contributed by atoms with Gasteiger partial charge in [-0.15, -0.1) is 11.8 Å². The summed E-state index contributed by atoms with van der Waals surface area (Å²) >= 11 is 7.93. The second-order valence-electron chi connectivity index (χ2n) is 4.69. The first-order chi connectivity index (χ1) is 6.42. The summed E-state index contributed by atoms with van der Waals surface area (Å²) in [4.78, 5) is 1.23. The van der Waals surface area contributed by atoms with Gasteiger partial charge < -0.3 is 0 Å². The maximum absolute atomic E-state index is 6.20. The van der Waals surface area contributed by atoms with Crippen LogP contribution in [0.4, 0.5) is 0 Å². The molecular weight excluding hydrogens is 212 g/mol. The average molecular weight is 229 g/mol. The smallest absolute Gasteiger partial charge is 0.0449 e. The van der Waals surface area contributed by atoms with Crippen molar-refractivity contribution in [2.45, 2.75) is 32.1 Å². The van der Waals surface area contributed by atoms with Gasteiger partial charge in [-0.3, -0.25) is 0 Å². The number of hydrogen-bond acceptors (Lipinski definition) is 1. The monoisotopic (exact) mass is 228 g/mol. The molecule has 14 heavy (non-hydrogen) atoms. The molecule has 1 aromatic rings. The van der Waals surface area contributed by atoms with Crippen LogP contribution in [0.25, 0.3) is 0 Å². The number of thioether (sulfide) groups is 1. The van der Waals surface area contributed by atoms with Crippen molar-refractivity contribution < 1.29 is 0 Å². The minimum absolute atomic E-state index is 0.296. The van der Waals surface area contributed by atoms with Crippen LogP contribution in [-0.2, 0) is 6.42 Å². The molecule has 0 heterocycles. The second-order valence-corrected chi connectivity index (χ2v) is 5.98. The highest BCUT2D eigenvalue weighted by atomic mass is 35.5. The SMILES string of the molecule is CSc1ccc(CC(C)(C)C)c(Cl)c1. The maximum atomic E-state index is 6.20. The minimum Gasteiger partial charge on any atom is -0.130 e. The van der Waals surface area contributed by atoms with E-state index in [1.54, 1.807) is 11.8 Å². The molecule has 0 nitrogen and oxygen atoms in total. The molecule has 2 heteroatoms. The van der Waals surface area contributed by atoms with Crippen LogP contribution in [0.2, 0.25) is 5.02 Å². The molecule has 0 atom stereocenters. The summed E-state index contributed by atoms with van der Waals surface area (Å²) in [6.45, 7) is 6.68. The van der Waals surface area contributed by atoms with Crippen LogP contribution >= 0.6 is 23.4 Å². The topological polar surface area (TPSA) is 0 Å². The van der Waals surface area contributed by atoms with Crippen molar-refractivity contribution in [2.75, 3.05) is 6.26 Å². The first-order valence-corrected chi connectivity index (χ1v) is 6.35. The van der Waals surface area contributed by atoms with Crippen LogP contribution in [0.5, 0.6) is 0 Å². The van der Waals surface area contributed by atoms with E-state index in [0.717, 1.165) is 11.4 Å². The normalized spacial score (nSPS) is 11.8. The Labute approximate surface area is 96.0 Å². The van der Waals surface area contributed by atoms with E-state index in [1.165, 1.54) is 10.5 Å². The molecule has 0 N–H and O–H groups in total. The molecule has 0 amide bonds. The number of hydrogen-bond donors (Lipinski definition) is 0.